The first-order valence-electron chi connectivity index (χ1n) is 6.90. The quantitative estimate of drug-likeness (QED) is 0.364. The highest BCUT2D eigenvalue weighted by atomic mass is 16.6. The van der Waals surface area contributed by atoms with Crippen molar-refractivity contribution >= 4 is 11.8 Å². The SMILES string of the molecule is COC(=O)c1oc(CON=C(N)COc2ccccc2)cc1C. The lowest BCUT2D eigenvalue weighted by molar-refractivity contribution is 0.0552. The summed E-state index contributed by atoms with van der Waals surface area (Å²) in [5.74, 6) is 0.937. The first-order chi connectivity index (χ1) is 11.1. The molecule has 0 saturated carbocycles. The predicted octanol–water partition coefficient (Wildman–Crippen LogP) is 2.24. The molecule has 0 fully saturated rings. The molecule has 0 atom stereocenters. The number of nitrogens with two attached hydrogens (primary N) is 1. The van der Waals surface area contributed by atoms with Gasteiger partial charge in [-0.25, -0.2) is 4.79 Å². The molecule has 2 N–H and O–H groups in total. The molecule has 0 bridgehead atoms. The second kappa shape index (κ2) is 7.88. The minimum atomic E-state index is -0.534. The lowest BCUT2D eigenvalue weighted by Crippen LogP contribution is -2.21. The van der Waals surface area contributed by atoms with E-state index in [4.69, 9.17) is 19.7 Å². The number of furan rings is 1. The highest BCUT2D eigenvalue weighted by Gasteiger charge is 2.16. The van der Waals surface area contributed by atoms with E-state index in [1.807, 2.05) is 30.3 Å². The van der Waals surface area contributed by atoms with Crippen LogP contribution in [0.15, 0.2) is 46.0 Å². The van der Waals surface area contributed by atoms with E-state index >= 15 is 0 Å². The number of ether oxygens (including phenoxy) is 2. The maximum Gasteiger partial charge on any atom is 0.374 e. The van der Waals surface area contributed by atoms with Gasteiger partial charge in [0.1, 0.15) is 18.1 Å². The minimum Gasteiger partial charge on any atom is -0.486 e. The van der Waals surface area contributed by atoms with Gasteiger partial charge in [-0.3, -0.25) is 0 Å². The number of hydrogen-bond acceptors (Lipinski definition) is 6. The first-order valence-corrected chi connectivity index (χ1v) is 6.90. The Balaban J connectivity index is 1.82. The van der Waals surface area contributed by atoms with Crippen LogP contribution in [0.5, 0.6) is 5.75 Å². The van der Waals surface area contributed by atoms with Crippen LogP contribution in [0, 0.1) is 6.92 Å². The van der Waals surface area contributed by atoms with E-state index in [0.29, 0.717) is 17.1 Å². The molecule has 1 aromatic carbocycles. The monoisotopic (exact) mass is 318 g/mol. The average Bonchev–Trinajstić information content (AvgIpc) is 2.94. The number of carbonyl (C=O) groups excluding carboxylic acids is 1. The third kappa shape index (κ3) is 4.77. The Morgan fingerprint density at radius 1 is 1.30 bits per heavy atom. The molecule has 23 heavy (non-hydrogen) atoms. The van der Waals surface area contributed by atoms with Gasteiger partial charge in [0.2, 0.25) is 5.76 Å². The van der Waals surface area contributed by atoms with Crippen molar-refractivity contribution in [3.8, 4) is 5.75 Å². The summed E-state index contributed by atoms with van der Waals surface area (Å²) in [5, 5.41) is 3.73. The van der Waals surface area contributed by atoms with Crippen molar-refractivity contribution < 1.29 is 23.5 Å². The fourth-order valence-corrected chi connectivity index (χ4v) is 1.79. The first kappa shape index (κ1) is 16.4. The fraction of sp³-hybridized carbons (Fsp3) is 0.250. The number of hydrogen-bond donors (Lipinski definition) is 1. The van der Waals surface area contributed by atoms with Crippen LogP contribution in [0.3, 0.4) is 0 Å². The molecule has 122 valence electrons. The Kier molecular flexibility index (Phi) is 5.62. The summed E-state index contributed by atoms with van der Waals surface area (Å²) >= 11 is 0. The van der Waals surface area contributed by atoms with Crippen molar-refractivity contribution in [2.75, 3.05) is 13.7 Å². The highest BCUT2D eigenvalue weighted by Crippen LogP contribution is 2.16. The number of para-hydroxylation sites is 1. The molecule has 0 spiro atoms. The molecular formula is C16H18N2O5. The number of benzene rings is 1. The van der Waals surface area contributed by atoms with Crippen LogP contribution >= 0.6 is 0 Å². The molecule has 7 heteroatoms. The van der Waals surface area contributed by atoms with Crippen LogP contribution in [-0.2, 0) is 16.2 Å². The minimum absolute atomic E-state index is 0.0455. The van der Waals surface area contributed by atoms with Crippen LogP contribution in [0.2, 0.25) is 0 Å². The van der Waals surface area contributed by atoms with Crippen molar-refractivity contribution in [3.05, 3.63) is 53.5 Å². The Hall–Kier alpha value is -2.96. The summed E-state index contributed by atoms with van der Waals surface area (Å²) < 4.78 is 15.4. The van der Waals surface area contributed by atoms with Crippen molar-refractivity contribution in [3.63, 3.8) is 0 Å². The van der Waals surface area contributed by atoms with Gasteiger partial charge in [0, 0.05) is 5.56 Å². The van der Waals surface area contributed by atoms with Gasteiger partial charge >= 0.3 is 5.97 Å². The Morgan fingerprint density at radius 2 is 2.04 bits per heavy atom. The van der Waals surface area contributed by atoms with E-state index < -0.39 is 5.97 Å². The zero-order chi connectivity index (χ0) is 16.7. The molecule has 0 aliphatic rings. The average molecular weight is 318 g/mol. The van der Waals surface area contributed by atoms with Crippen LogP contribution < -0.4 is 10.5 Å². The van der Waals surface area contributed by atoms with E-state index in [0.717, 1.165) is 0 Å². The fourth-order valence-electron chi connectivity index (χ4n) is 1.79. The molecule has 0 radical (unpaired) electrons. The van der Waals surface area contributed by atoms with Gasteiger partial charge in [-0.2, -0.15) is 0 Å². The van der Waals surface area contributed by atoms with E-state index in [1.165, 1.54) is 7.11 Å². The number of carbonyl (C=O) groups is 1. The van der Waals surface area contributed by atoms with Crippen molar-refractivity contribution in [2.24, 2.45) is 10.9 Å². The molecule has 7 nitrogen and oxygen atoms in total. The summed E-state index contributed by atoms with van der Waals surface area (Å²) in [7, 11) is 1.29. The Morgan fingerprint density at radius 3 is 2.74 bits per heavy atom. The zero-order valence-corrected chi connectivity index (χ0v) is 12.9. The maximum absolute atomic E-state index is 11.4. The van der Waals surface area contributed by atoms with Crippen LogP contribution in [0.25, 0.3) is 0 Å². The molecular weight excluding hydrogens is 300 g/mol. The summed E-state index contributed by atoms with van der Waals surface area (Å²) in [6.07, 6.45) is 0. The maximum atomic E-state index is 11.4. The van der Waals surface area contributed by atoms with Gasteiger partial charge in [0.15, 0.2) is 12.4 Å². The van der Waals surface area contributed by atoms with Crippen molar-refractivity contribution in [2.45, 2.75) is 13.5 Å². The smallest absolute Gasteiger partial charge is 0.374 e. The molecule has 0 unspecified atom stereocenters. The van der Waals surface area contributed by atoms with E-state index in [-0.39, 0.29) is 24.8 Å². The summed E-state index contributed by atoms with van der Waals surface area (Å²) in [5.41, 5.74) is 6.35. The van der Waals surface area contributed by atoms with Gasteiger partial charge in [-0.15, -0.1) is 0 Å². The third-order valence-electron chi connectivity index (χ3n) is 2.86. The van der Waals surface area contributed by atoms with Crippen LogP contribution in [-0.4, -0.2) is 25.5 Å². The topological polar surface area (TPSA) is 96.3 Å². The summed E-state index contributed by atoms with van der Waals surface area (Å²) in [6, 6.07) is 10.9. The van der Waals surface area contributed by atoms with E-state index in [9.17, 15) is 4.79 Å². The largest absolute Gasteiger partial charge is 0.486 e. The third-order valence-corrected chi connectivity index (χ3v) is 2.86. The molecule has 1 aromatic heterocycles. The Labute approximate surface area is 133 Å². The van der Waals surface area contributed by atoms with Gasteiger partial charge in [-0.1, -0.05) is 23.4 Å². The van der Waals surface area contributed by atoms with E-state index in [1.54, 1.807) is 13.0 Å². The predicted molar refractivity (Wildman–Crippen MR) is 83.1 cm³/mol. The molecule has 0 saturated heterocycles. The standard InChI is InChI=1S/C16H18N2O5/c1-11-8-13(23-15(11)16(19)20-2)9-22-18-14(17)10-21-12-6-4-3-5-7-12/h3-8H,9-10H2,1-2H3,(H2,17,18). The van der Waals surface area contributed by atoms with Crippen molar-refractivity contribution in [1.29, 1.82) is 0 Å². The molecule has 0 aliphatic heterocycles. The van der Waals surface area contributed by atoms with Gasteiger partial charge in [-0.05, 0) is 25.1 Å². The lowest BCUT2D eigenvalue weighted by Gasteiger charge is -2.04. The number of aryl methyl sites for hydroxylation is 1. The normalized spacial score (nSPS) is 11.1. The second-order valence-electron chi connectivity index (χ2n) is 4.67. The summed E-state index contributed by atoms with van der Waals surface area (Å²) in [4.78, 5) is 16.5. The van der Waals surface area contributed by atoms with Crippen LogP contribution in [0.4, 0.5) is 0 Å². The van der Waals surface area contributed by atoms with Gasteiger partial charge in [0.05, 0.1) is 7.11 Å². The second-order valence-corrected chi connectivity index (χ2v) is 4.67. The number of nitrogens with zero attached hydrogens (tertiary/aromatic N) is 1. The Bertz CT molecular complexity index is 679. The molecule has 0 aliphatic carbocycles. The summed E-state index contributed by atoms with van der Waals surface area (Å²) in [6.45, 7) is 1.89. The molecule has 1 heterocycles. The van der Waals surface area contributed by atoms with Crippen molar-refractivity contribution in [1.82, 2.24) is 0 Å². The lowest BCUT2D eigenvalue weighted by atomic mass is 10.3. The van der Waals surface area contributed by atoms with Gasteiger partial charge < -0.3 is 24.5 Å². The number of esters is 1. The molecule has 2 rings (SSSR count). The number of oxime groups is 1. The highest BCUT2D eigenvalue weighted by molar-refractivity contribution is 5.87. The molecule has 2 aromatic rings. The number of methoxy groups -OCH3 is 1. The van der Waals surface area contributed by atoms with Crippen LogP contribution in [0.1, 0.15) is 21.9 Å². The molecule has 0 amide bonds. The number of amidine groups is 1. The number of rotatable bonds is 7. The zero-order valence-electron chi connectivity index (χ0n) is 12.9. The van der Waals surface area contributed by atoms with E-state index in [2.05, 4.69) is 9.89 Å². The van der Waals surface area contributed by atoms with Gasteiger partial charge in [0.25, 0.3) is 0 Å².